The summed E-state index contributed by atoms with van der Waals surface area (Å²) in [6.07, 6.45) is 8.97. The molecule has 2 saturated heterocycles. The maximum atomic E-state index is 13.2. The molecule has 3 heterocycles. The molecule has 0 N–H and O–H groups in total. The molecule has 2 aliphatic rings. The van der Waals surface area contributed by atoms with E-state index in [-0.39, 0.29) is 12.0 Å². The number of likely N-dealkylation sites (tertiary alicyclic amines) is 1. The molecule has 0 aliphatic carbocycles. The molecule has 0 bridgehead atoms. The summed E-state index contributed by atoms with van der Waals surface area (Å²) in [7, 11) is 0. The number of piperidine rings is 1. The van der Waals surface area contributed by atoms with Crippen molar-refractivity contribution in [2.75, 3.05) is 32.8 Å². The molecule has 0 spiro atoms. The lowest BCUT2D eigenvalue weighted by atomic mass is 9.95. The van der Waals surface area contributed by atoms with Crippen molar-refractivity contribution in [1.82, 2.24) is 19.4 Å². The molecule has 1 aromatic carbocycles. The number of nitrogens with zero attached hydrogens (tertiary/aromatic N) is 4. The van der Waals surface area contributed by atoms with E-state index >= 15 is 0 Å². The summed E-state index contributed by atoms with van der Waals surface area (Å²) in [5.74, 6) is 1.78. The van der Waals surface area contributed by atoms with Gasteiger partial charge in [-0.2, -0.15) is 0 Å². The molecule has 1 amide bonds. The molecular formula is C26H38N4O2. The summed E-state index contributed by atoms with van der Waals surface area (Å²) in [4.78, 5) is 22.1. The van der Waals surface area contributed by atoms with E-state index in [0.717, 1.165) is 70.8 Å². The van der Waals surface area contributed by atoms with Gasteiger partial charge in [0.2, 0.25) is 5.91 Å². The van der Waals surface area contributed by atoms with Gasteiger partial charge in [0, 0.05) is 51.6 Å². The van der Waals surface area contributed by atoms with E-state index in [1.807, 2.05) is 13.1 Å². The molecule has 0 saturated carbocycles. The van der Waals surface area contributed by atoms with Gasteiger partial charge >= 0.3 is 0 Å². The van der Waals surface area contributed by atoms with Crippen LogP contribution in [0, 0.1) is 19.8 Å². The smallest absolute Gasteiger partial charge is 0.224 e. The van der Waals surface area contributed by atoms with Crippen LogP contribution in [0.15, 0.2) is 36.7 Å². The van der Waals surface area contributed by atoms with Crippen LogP contribution in [0.2, 0.25) is 0 Å². The van der Waals surface area contributed by atoms with Gasteiger partial charge in [-0.15, -0.1) is 0 Å². The Bertz CT molecular complexity index is 866. The number of hydrogen-bond acceptors (Lipinski definition) is 4. The lowest BCUT2D eigenvalue weighted by Crippen LogP contribution is -2.43. The first kappa shape index (κ1) is 23.0. The highest BCUT2D eigenvalue weighted by atomic mass is 16.5. The topological polar surface area (TPSA) is 50.6 Å². The van der Waals surface area contributed by atoms with Gasteiger partial charge in [-0.3, -0.25) is 9.69 Å². The Morgan fingerprint density at radius 3 is 2.66 bits per heavy atom. The number of benzene rings is 1. The summed E-state index contributed by atoms with van der Waals surface area (Å²) >= 11 is 0. The highest BCUT2D eigenvalue weighted by Gasteiger charge is 2.27. The van der Waals surface area contributed by atoms with Gasteiger partial charge in [0.1, 0.15) is 5.82 Å². The Kier molecular flexibility index (Phi) is 7.98. The number of imidazole rings is 1. The van der Waals surface area contributed by atoms with Crippen molar-refractivity contribution in [3.05, 3.63) is 53.6 Å². The highest BCUT2D eigenvalue weighted by molar-refractivity contribution is 5.76. The van der Waals surface area contributed by atoms with Gasteiger partial charge in [-0.05, 0) is 69.7 Å². The fraction of sp³-hybridized carbons (Fsp3) is 0.615. The molecule has 1 atom stereocenters. The Balaban J connectivity index is 1.30. The summed E-state index contributed by atoms with van der Waals surface area (Å²) in [5.41, 5.74) is 2.80. The van der Waals surface area contributed by atoms with E-state index < -0.39 is 0 Å². The van der Waals surface area contributed by atoms with Crippen molar-refractivity contribution in [3.8, 4) is 0 Å². The molecule has 32 heavy (non-hydrogen) atoms. The van der Waals surface area contributed by atoms with E-state index in [1.165, 1.54) is 11.1 Å². The number of amides is 1. The minimum absolute atomic E-state index is 0.204. The van der Waals surface area contributed by atoms with Crippen molar-refractivity contribution < 1.29 is 9.53 Å². The molecular weight excluding hydrogens is 400 g/mol. The first-order valence-electron chi connectivity index (χ1n) is 12.2. The van der Waals surface area contributed by atoms with E-state index in [1.54, 1.807) is 6.20 Å². The summed E-state index contributed by atoms with van der Waals surface area (Å²) in [6, 6.07) is 8.68. The molecule has 1 unspecified atom stereocenters. The minimum Gasteiger partial charge on any atom is -0.376 e. The number of carbonyl (C=O) groups is 1. The zero-order valence-corrected chi connectivity index (χ0v) is 19.7. The lowest BCUT2D eigenvalue weighted by molar-refractivity contribution is -0.134. The van der Waals surface area contributed by atoms with Crippen molar-refractivity contribution in [2.24, 2.45) is 5.92 Å². The van der Waals surface area contributed by atoms with Gasteiger partial charge in [0.15, 0.2) is 0 Å². The maximum Gasteiger partial charge on any atom is 0.224 e. The Labute approximate surface area is 192 Å². The number of aromatic nitrogens is 2. The van der Waals surface area contributed by atoms with Crippen molar-refractivity contribution in [2.45, 2.75) is 65.1 Å². The quantitative estimate of drug-likeness (QED) is 0.597. The van der Waals surface area contributed by atoms with E-state index in [4.69, 9.17) is 4.74 Å². The molecule has 2 aromatic rings. The summed E-state index contributed by atoms with van der Waals surface area (Å²) < 4.78 is 7.93. The normalized spacial score (nSPS) is 20.0. The first-order valence-corrected chi connectivity index (χ1v) is 12.2. The largest absolute Gasteiger partial charge is 0.376 e. The van der Waals surface area contributed by atoms with Gasteiger partial charge < -0.3 is 14.2 Å². The molecule has 0 radical (unpaired) electrons. The average molecular weight is 439 g/mol. The zero-order valence-electron chi connectivity index (χ0n) is 19.7. The second kappa shape index (κ2) is 11.1. The third kappa shape index (κ3) is 6.20. The molecule has 6 heteroatoms. The van der Waals surface area contributed by atoms with E-state index in [0.29, 0.717) is 18.9 Å². The fourth-order valence-corrected chi connectivity index (χ4v) is 4.99. The molecule has 2 aliphatic heterocycles. The molecule has 4 rings (SSSR count). The summed E-state index contributed by atoms with van der Waals surface area (Å²) in [5, 5.41) is 0. The number of carbonyl (C=O) groups excluding carboxylic acids is 1. The number of ether oxygens (including phenoxy) is 1. The van der Waals surface area contributed by atoms with Crippen molar-refractivity contribution in [1.29, 1.82) is 0 Å². The van der Waals surface area contributed by atoms with Gasteiger partial charge in [-0.1, -0.05) is 24.3 Å². The SMILES string of the molecule is Cc1ccccc1CN1CCC(CN(CC2CCCO2)C(=O)CCn2ccnc2C)CC1. The zero-order chi connectivity index (χ0) is 22.3. The van der Waals surface area contributed by atoms with Crippen LogP contribution in [0.25, 0.3) is 0 Å². The van der Waals surface area contributed by atoms with Crippen molar-refractivity contribution >= 4 is 5.91 Å². The molecule has 2 fully saturated rings. The fourth-order valence-electron chi connectivity index (χ4n) is 4.99. The molecule has 174 valence electrons. The number of rotatable bonds is 9. The molecule has 1 aromatic heterocycles. The second-order valence-corrected chi connectivity index (χ2v) is 9.50. The monoisotopic (exact) mass is 438 g/mol. The van der Waals surface area contributed by atoms with Crippen molar-refractivity contribution in [3.63, 3.8) is 0 Å². The predicted molar refractivity (Wildman–Crippen MR) is 126 cm³/mol. The van der Waals surface area contributed by atoms with Crippen LogP contribution >= 0.6 is 0 Å². The van der Waals surface area contributed by atoms with Crippen LogP contribution in [0.3, 0.4) is 0 Å². The molecule has 6 nitrogen and oxygen atoms in total. The standard InChI is InChI=1S/C26H38N4O2/c1-21-6-3-4-7-24(21)19-28-13-9-23(10-14-28)18-30(20-25-8-5-17-32-25)26(31)11-15-29-16-12-27-22(29)2/h3-4,6-7,12,16,23,25H,5,8-11,13-15,17-20H2,1-2H3. The number of hydrogen-bond donors (Lipinski definition) is 0. The summed E-state index contributed by atoms with van der Waals surface area (Å²) in [6.45, 7) is 10.6. The third-order valence-corrected chi connectivity index (χ3v) is 7.13. The maximum absolute atomic E-state index is 13.2. The minimum atomic E-state index is 0.204. The van der Waals surface area contributed by atoms with Crippen LogP contribution in [0.5, 0.6) is 0 Å². The van der Waals surface area contributed by atoms with Gasteiger partial charge in [0.25, 0.3) is 0 Å². The van der Waals surface area contributed by atoms with E-state index in [9.17, 15) is 4.79 Å². The Morgan fingerprint density at radius 1 is 1.16 bits per heavy atom. The Hall–Kier alpha value is -2.18. The third-order valence-electron chi connectivity index (χ3n) is 7.13. The Morgan fingerprint density at radius 2 is 1.97 bits per heavy atom. The van der Waals surface area contributed by atoms with Crippen LogP contribution in [-0.4, -0.2) is 64.1 Å². The lowest BCUT2D eigenvalue weighted by Gasteiger charge is -2.36. The van der Waals surface area contributed by atoms with Crippen LogP contribution in [-0.2, 0) is 22.6 Å². The predicted octanol–water partition coefficient (Wildman–Crippen LogP) is 3.81. The van der Waals surface area contributed by atoms with Crippen LogP contribution < -0.4 is 0 Å². The van der Waals surface area contributed by atoms with Crippen LogP contribution in [0.4, 0.5) is 0 Å². The first-order chi connectivity index (χ1) is 15.6. The van der Waals surface area contributed by atoms with Crippen LogP contribution in [0.1, 0.15) is 49.1 Å². The highest BCUT2D eigenvalue weighted by Crippen LogP contribution is 2.23. The second-order valence-electron chi connectivity index (χ2n) is 9.50. The van der Waals surface area contributed by atoms with Gasteiger partial charge in [0.05, 0.1) is 6.10 Å². The number of aryl methyl sites for hydroxylation is 3. The van der Waals surface area contributed by atoms with E-state index in [2.05, 4.69) is 50.5 Å². The average Bonchev–Trinajstić information content (AvgIpc) is 3.46. The van der Waals surface area contributed by atoms with Gasteiger partial charge in [-0.25, -0.2) is 4.98 Å².